The number of anilines is 1. The first-order chi connectivity index (χ1) is 15.3. The standard InChI is InChI=1S/C23H28N2O7/c1-14-6-8-17(10-15(14)2)24-23(28)25-20(26)13-32-21(27)9-7-16-11-18(29-3)22(31-5)19(12-16)30-4/h6,8,10-12H,7,9,13H2,1-5H3,(H2,24,25,26,28). The van der Waals surface area contributed by atoms with Crippen molar-refractivity contribution in [2.45, 2.75) is 26.7 Å². The lowest BCUT2D eigenvalue weighted by Crippen LogP contribution is -2.37. The van der Waals surface area contributed by atoms with Gasteiger partial charge in [-0.2, -0.15) is 0 Å². The number of ether oxygens (including phenoxy) is 4. The number of carbonyl (C=O) groups is 3. The summed E-state index contributed by atoms with van der Waals surface area (Å²) in [4.78, 5) is 35.8. The molecule has 0 fully saturated rings. The maximum atomic E-state index is 12.0. The van der Waals surface area contributed by atoms with Crippen molar-refractivity contribution in [3.05, 3.63) is 47.0 Å². The Morgan fingerprint density at radius 1 is 0.875 bits per heavy atom. The topological polar surface area (TPSA) is 112 Å². The van der Waals surface area contributed by atoms with Crippen LogP contribution in [0.5, 0.6) is 17.2 Å². The predicted octanol–water partition coefficient (Wildman–Crippen LogP) is 3.15. The van der Waals surface area contributed by atoms with E-state index in [1.807, 2.05) is 19.9 Å². The Labute approximate surface area is 187 Å². The van der Waals surface area contributed by atoms with Crippen molar-refractivity contribution in [1.82, 2.24) is 5.32 Å². The summed E-state index contributed by atoms with van der Waals surface area (Å²) in [5.74, 6) is 0.0989. The summed E-state index contributed by atoms with van der Waals surface area (Å²) in [6.45, 7) is 3.31. The van der Waals surface area contributed by atoms with Crippen molar-refractivity contribution >= 4 is 23.6 Å². The largest absolute Gasteiger partial charge is 0.493 e. The Morgan fingerprint density at radius 2 is 1.53 bits per heavy atom. The van der Waals surface area contributed by atoms with Gasteiger partial charge in [0.15, 0.2) is 18.1 Å². The number of benzene rings is 2. The molecule has 9 nitrogen and oxygen atoms in total. The van der Waals surface area contributed by atoms with E-state index in [1.54, 1.807) is 24.3 Å². The maximum absolute atomic E-state index is 12.0. The van der Waals surface area contributed by atoms with Gasteiger partial charge in [-0.15, -0.1) is 0 Å². The first-order valence-corrected chi connectivity index (χ1v) is 9.90. The SMILES string of the molecule is COc1cc(CCC(=O)OCC(=O)NC(=O)Nc2ccc(C)c(C)c2)cc(OC)c1OC. The number of hydrogen-bond acceptors (Lipinski definition) is 7. The normalized spacial score (nSPS) is 10.2. The molecule has 2 aromatic rings. The van der Waals surface area contributed by atoms with Gasteiger partial charge in [0.1, 0.15) is 0 Å². The van der Waals surface area contributed by atoms with Gasteiger partial charge in [0.2, 0.25) is 5.75 Å². The van der Waals surface area contributed by atoms with Crippen LogP contribution in [0.2, 0.25) is 0 Å². The van der Waals surface area contributed by atoms with Crippen molar-refractivity contribution in [2.24, 2.45) is 0 Å². The second kappa shape index (κ2) is 11.6. The number of imide groups is 1. The summed E-state index contributed by atoms with van der Waals surface area (Å²) < 4.78 is 20.8. The summed E-state index contributed by atoms with van der Waals surface area (Å²) in [6, 6.07) is 8.16. The van der Waals surface area contributed by atoms with Crippen LogP contribution in [0.25, 0.3) is 0 Å². The number of esters is 1. The number of carbonyl (C=O) groups excluding carboxylic acids is 3. The van der Waals surface area contributed by atoms with Crippen LogP contribution in [0.3, 0.4) is 0 Å². The van der Waals surface area contributed by atoms with Crippen molar-refractivity contribution in [3.8, 4) is 17.2 Å². The zero-order chi connectivity index (χ0) is 23.7. The molecule has 2 rings (SSSR count). The van der Waals surface area contributed by atoms with Gasteiger partial charge in [-0.3, -0.25) is 14.9 Å². The molecule has 0 bridgehead atoms. The molecule has 0 unspecified atom stereocenters. The van der Waals surface area contributed by atoms with Gasteiger partial charge in [-0.05, 0) is 61.2 Å². The third-order valence-corrected chi connectivity index (χ3v) is 4.72. The highest BCUT2D eigenvalue weighted by atomic mass is 16.5. The first kappa shape index (κ1) is 24.5. The first-order valence-electron chi connectivity index (χ1n) is 9.90. The van der Waals surface area contributed by atoms with Crippen molar-refractivity contribution in [2.75, 3.05) is 33.3 Å². The van der Waals surface area contributed by atoms with E-state index in [0.717, 1.165) is 16.7 Å². The van der Waals surface area contributed by atoms with Crippen LogP contribution in [0.1, 0.15) is 23.1 Å². The molecule has 0 aliphatic heterocycles. The number of hydrogen-bond donors (Lipinski definition) is 2. The molecule has 0 saturated carbocycles. The Hall–Kier alpha value is -3.75. The van der Waals surface area contributed by atoms with Gasteiger partial charge < -0.3 is 24.3 Å². The predicted molar refractivity (Wildman–Crippen MR) is 118 cm³/mol. The Bertz CT molecular complexity index is 963. The summed E-state index contributed by atoms with van der Waals surface area (Å²) in [5, 5.41) is 4.68. The van der Waals surface area contributed by atoms with Gasteiger partial charge in [0, 0.05) is 12.1 Å². The molecule has 0 heterocycles. The molecule has 0 aliphatic carbocycles. The maximum Gasteiger partial charge on any atom is 0.325 e. The minimum absolute atomic E-state index is 0.0285. The number of amides is 3. The van der Waals surface area contributed by atoms with Crippen LogP contribution < -0.4 is 24.8 Å². The molecule has 9 heteroatoms. The third-order valence-electron chi connectivity index (χ3n) is 4.72. The van der Waals surface area contributed by atoms with Crippen LogP contribution >= 0.6 is 0 Å². The monoisotopic (exact) mass is 444 g/mol. The summed E-state index contributed by atoms with van der Waals surface area (Å²) in [5.41, 5.74) is 3.43. The zero-order valence-corrected chi connectivity index (χ0v) is 18.9. The quantitative estimate of drug-likeness (QED) is 0.572. The van der Waals surface area contributed by atoms with E-state index in [0.29, 0.717) is 29.4 Å². The highest BCUT2D eigenvalue weighted by Gasteiger charge is 2.15. The molecule has 0 radical (unpaired) electrons. The molecule has 2 N–H and O–H groups in total. The molecule has 3 amide bonds. The van der Waals surface area contributed by atoms with Crippen LogP contribution in [0.4, 0.5) is 10.5 Å². The molecular formula is C23H28N2O7. The second-order valence-electron chi connectivity index (χ2n) is 7.00. The third kappa shape index (κ3) is 6.90. The molecule has 0 aliphatic rings. The highest BCUT2D eigenvalue weighted by Crippen LogP contribution is 2.38. The van der Waals surface area contributed by atoms with E-state index in [2.05, 4.69) is 10.6 Å². The Morgan fingerprint density at radius 3 is 2.09 bits per heavy atom. The van der Waals surface area contributed by atoms with E-state index in [1.165, 1.54) is 21.3 Å². The molecule has 172 valence electrons. The summed E-state index contributed by atoms with van der Waals surface area (Å²) >= 11 is 0. The number of rotatable bonds is 9. The summed E-state index contributed by atoms with van der Waals surface area (Å²) in [7, 11) is 4.51. The molecule has 0 aromatic heterocycles. The molecule has 32 heavy (non-hydrogen) atoms. The van der Waals surface area contributed by atoms with Gasteiger partial charge in [0.05, 0.1) is 21.3 Å². The fraction of sp³-hybridized carbons (Fsp3) is 0.348. The van der Waals surface area contributed by atoms with E-state index < -0.39 is 24.5 Å². The van der Waals surface area contributed by atoms with E-state index in [9.17, 15) is 14.4 Å². The van der Waals surface area contributed by atoms with E-state index in [4.69, 9.17) is 18.9 Å². The lowest BCUT2D eigenvalue weighted by molar-refractivity contribution is -0.148. The minimum Gasteiger partial charge on any atom is -0.493 e. The second-order valence-corrected chi connectivity index (χ2v) is 7.00. The van der Waals surface area contributed by atoms with Gasteiger partial charge in [-0.25, -0.2) is 4.79 Å². The number of urea groups is 1. The van der Waals surface area contributed by atoms with E-state index >= 15 is 0 Å². The lowest BCUT2D eigenvalue weighted by Gasteiger charge is -2.14. The Balaban J connectivity index is 1.80. The van der Waals surface area contributed by atoms with Crippen molar-refractivity contribution in [3.63, 3.8) is 0 Å². The van der Waals surface area contributed by atoms with Crippen molar-refractivity contribution < 1.29 is 33.3 Å². The molecule has 0 saturated heterocycles. The van der Waals surface area contributed by atoms with Gasteiger partial charge in [-0.1, -0.05) is 6.07 Å². The fourth-order valence-electron chi connectivity index (χ4n) is 2.89. The van der Waals surface area contributed by atoms with Crippen LogP contribution in [-0.2, 0) is 20.7 Å². The Kier molecular flexibility index (Phi) is 8.88. The average Bonchev–Trinajstić information content (AvgIpc) is 2.77. The minimum atomic E-state index is -0.729. The number of nitrogens with one attached hydrogen (secondary N) is 2. The van der Waals surface area contributed by atoms with E-state index in [-0.39, 0.29) is 6.42 Å². The van der Waals surface area contributed by atoms with Crippen LogP contribution in [0, 0.1) is 13.8 Å². The van der Waals surface area contributed by atoms with Gasteiger partial charge >= 0.3 is 12.0 Å². The lowest BCUT2D eigenvalue weighted by atomic mass is 10.1. The van der Waals surface area contributed by atoms with Crippen LogP contribution in [-0.4, -0.2) is 45.8 Å². The molecular weight excluding hydrogens is 416 g/mol. The number of aryl methyl sites for hydroxylation is 3. The zero-order valence-electron chi connectivity index (χ0n) is 18.9. The highest BCUT2D eigenvalue weighted by molar-refractivity contribution is 6.01. The smallest absolute Gasteiger partial charge is 0.325 e. The molecule has 0 spiro atoms. The number of methoxy groups -OCH3 is 3. The summed E-state index contributed by atoms with van der Waals surface area (Å²) in [6.07, 6.45) is 0.366. The fourth-order valence-corrected chi connectivity index (χ4v) is 2.89. The molecule has 2 aromatic carbocycles. The average molecular weight is 444 g/mol. The molecule has 0 atom stereocenters. The van der Waals surface area contributed by atoms with Crippen LogP contribution in [0.15, 0.2) is 30.3 Å². The van der Waals surface area contributed by atoms with Gasteiger partial charge in [0.25, 0.3) is 5.91 Å². The van der Waals surface area contributed by atoms with Crippen molar-refractivity contribution in [1.29, 1.82) is 0 Å².